The lowest BCUT2D eigenvalue weighted by atomic mass is 10.0. The van der Waals surface area contributed by atoms with Crippen molar-refractivity contribution in [1.29, 1.82) is 0 Å². The largest absolute Gasteiger partial charge is 0.292 e. The van der Waals surface area contributed by atoms with Gasteiger partial charge in [-0.25, -0.2) is 4.98 Å². The highest BCUT2D eigenvalue weighted by Gasteiger charge is 2.30. The number of rotatable bonds is 7. The molecular weight excluding hydrogens is 344 g/mol. The van der Waals surface area contributed by atoms with E-state index in [0.29, 0.717) is 12.5 Å². The Morgan fingerprint density at radius 3 is 2.25 bits per heavy atom. The van der Waals surface area contributed by atoms with Gasteiger partial charge in [0.1, 0.15) is 5.82 Å². The zero-order valence-electron chi connectivity index (χ0n) is 16.8. The lowest BCUT2D eigenvalue weighted by Crippen LogP contribution is -2.30. The Bertz CT molecular complexity index is 999. The van der Waals surface area contributed by atoms with Crippen molar-refractivity contribution in [2.45, 2.75) is 58.4 Å². The summed E-state index contributed by atoms with van der Waals surface area (Å²) < 4.78 is 1.92. The van der Waals surface area contributed by atoms with Gasteiger partial charge < -0.3 is 0 Å². The topological polar surface area (TPSA) is 34.9 Å². The van der Waals surface area contributed by atoms with Gasteiger partial charge in [-0.2, -0.15) is 0 Å². The summed E-state index contributed by atoms with van der Waals surface area (Å²) in [6.07, 6.45) is 4.93. The standard InChI is InChI=1S/C25H28N2O/c1-3-8-23-26-22(4-2)24(21-15-16-21)25(28)27(23)17-18-11-13-20(14-12-18)19-9-6-5-7-10-19/h5-7,9-14,21H,3-4,8,15-17H2,1-2H3. The maximum absolute atomic E-state index is 13.3. The fraction of sp³-hybridized carbons (Fsp3) is 0.360. The average molecular weight is 373 g/mol. The third-order valence-electron chi connectivity index (χ3n) is 5.56. The molecule has 0 saturated heterocycles. The summed E-state index contributed by atoms with van der Waals surface area (Å²) in [5, 5.41) is 0. The summed E-state index contributed by atoms with van der Waals surface area (Å²) >= 11 is 0. The molecule has 28 heavy (non-hydrogen) atoms. The SMILES string of the molecule is CCCc1nc(CC)c(C2CC2)c(=O)n1Cc1ccc(-c2ccccc2)cc1. The lowest BCUT2D eigenvalue weighted by Gasteiger charge is -2.17. The fourth-order valence-electron chi connectivity index (χ4n) is 3.91. The Morgan fingerprint density at radius 2 is 1.64 bits per heavy atom. The molecule has 1 aromatic heterocycles. The molecule has 3 nitrogen and oxygen atoms in total. The van der Waals surface area contributed by atoms with E-state index in [0.717, 1.165) is 54.7 Å². The van der Waals surface area contributed by atoms with Crippen LogP contribution >= 0.6 is 0 Å². The molecule has 1 fully saturated rings. The predicted octanol–water partition coefficient (Wildman–Crippen LogP) is 5.35. The summed E-state index contributed by atoms with van der Waals surface area (Å²) in [4.78, 5) is 18.3. The van der Waals surface area contributed by atoms with Crippen molar-refractivity contribution >= 4 is 0 Å². The molecule has 0 unspecified atom stereocenters. The predicted molar refractivity (Wildman–Crippen MR) is 115 cm³/mol. The van der Waals surface area contributed by atoms with Crippen molar-refractivity contribution in [2.24, 2.45) is 0 Å². The van der Waals surface area contributed by atoms with Crippen LogP contribution in [0.4, 0.5) is 0 Å². The lowest BCUT2D eigenvalue weighted by molar-refractivity contribution is 0.632. The molecule has 4 rings (SSSR count). The molecule has 0 atom stereocenters. The van der Waals surface area contributed by atoms with E-state index in [1.54, 1.807) is 0 Å². The highest BCUT2D eigenvalue weighted by atomic mass is 16.1. The van der Waals surface area contributed by atoms with Crippen LogP contribution in [-0.4, -0.2) is 9.55 Å². The van der Waals surface area contributed by atoms with Gasteiger partial charge in [-0.1, -0.05) is 68.4 Å². The number of hydrogen-bond donors (Lipinski definition) is 0. The first kappa shape index (κ1) is 18.7. The second-order valence-electron chi connectivity index (χ2n) is 7.72. The molecule has 1 aliphatic rings. The normalized spacial score (nSPS) is 13.6. The van der Waals surface area contributed by atoms with Gasteiger partial charge in [-0.15, -0.1) is 0 Å². The van der Waals surface area contributed by atoms with Crippen LogP contribution < -0.4 is 5.56 Å². The first-order valence-electron chi connectivity index (χ1n) is 10.5. The number of aromatic nitrogens is 2. The monoisotopic (exact) mass is 372 g/mol. The second-order valence-corrected chi connectivity index (χ2v) is 7.72. The van der Waals surface area contributed by atoms with Gasteiger partial charge in [-0.05, 0) is 48.3 Å². The van der Waals surface area contributed by atoms with Gasteiger partial charge in [0.15, 0.2) is 0 Å². The third kappa shape index (κ3) is 3.80. The van der Waals surface area contributed by atoms with Gasteiger partial charge >= 0.3 is 0 Å². The fourth-order valence-corrected chi connectivity index (χ4v) is 3.91. The van der Waals surface area contributed by atoms with Crippen LogP contribution in [0.5, 0.6) is 0 Å². The summed E-state index contributed by atoms with van der Waals surface area (Å²) in [6, 6.07) is 18.9. The van der Waals surface area contributed by atoms with Gasteiger partial charge in [0, 0.05) is 12.0 Å². The minimum absolute atomic E-state index is 0.185. The van der Waals surface area contributed by atoms with Gasteiger partial charge in [0.05, 0.1) is 12.2 Å². The van der Waals surface area contributed by atoms with E-state index in [1.807, 2.05) is 10.6 Å². The molecule has 0 N–H and O–H groups in total. The number of aryl methyl sites for hydroxylation is 2. The molecule has 1 heterocycles. The first-order chi connectivity index (χ1) is 13.7. The van der Waals surface area contributed by atoms with Crippen LogP contribution in [0, 0.1) is 0 Å². The average Bonchev–Trinajstić information content (AvgIpc) is 3.56. The summed E-state index contributed by atoms with van der Waals surface area (Å²) in [7, 11) is 0. The second kappa shape index (κ2) is 8.14. The van der Waals surface area contributed by atoms with Crippen molar-refractivity contribution in [3.8, 4) is 11.1 Å². The van der Waals surface area contributed by atoms with Crippen molar-refractivity contribution < 1.29 is 0 Å². The van der Waals surface area contributed by atoms with E-state index in [1.165, 1.54) is 11.1 Å². The van der Waals surface area contributed by atoms with E-state index in [4.69, 9.17) is 4.98 Å². The van der Waals surface area contributed by atoms with Crippen LogP contribution in [0.15, 0.2) is 59.4 Å². The van der Waals surface area contributed by atoms with Gasteiger partial charge in [0.25, 0.3) is 5.56 Å². The van der Waals surface area contributed by atoms with E-state index in [9.17, 15) is 4.79 Å². The summed E-state index contributed by atoms with van der Waals surface area (Å²) in [5.41, 5.74) is 5.73. The highest BCUT2D eigenvalue weighted by molar-refractivity contribution is 5.63. The Morgan fingerprint density at radius 1 is 0.964 bits per heavy atom. The van der Waals surface area contributed by atoms with E-state index < -0.39 is 0 Å². The molecule has 0 amide bonds. The maximum Gasteiger partial charge on any atom is 0.257 e. The molecule has 3 heteroatoms. The van der Waals surface area contributed by atoms with Crippen LogP contribution in [0.3, 0.4) is 0 Å². The van der Waals surface area contributed by atoms with Crippen LogP contribution in [0.1, 0.15) is 61.7 Å². The van der Waals surface area contributed by atoms with Gasteiger partial charge in [0.2, 0.25) is 0 Å². The van der Waals surface area contributed by atoms with Crippen molar-refractivity contribution in [2.75, 3.05) is 0 Å². The number of benzene rings is 2. The Balaban J connectivity index is 1.68. The molecule has 0 spiro atoms. The maximum atomic E-state index is 13.3. The van der Waals surface area contributed by atoms with E-state index in [-0.39, 0.29) is 5.56 Å². The summed E-state index contributed by atoms with van der Waals surface area (Å²) in [6.45, 7) is 4.85. The Labute approximate surface area is 167 Å². The Kier molecular flexibility index (Phi) is 5.43. The zero-order chi connectivity index (χ0) is 19.5. The highest BCUT2D eigenvalue weighted by Crippen LogP contribution is 2.39. The van der Waals surface area contributed by atoms with Crippen LogP contribution in [0.25, 0.3) is 11.1 Å². The molecule has 144 valence electrons. The molecule has 0 aliphatic heterocycles. The van der Waals surface area contributed by atoms with Gasteiger partial charge in [-0.3, -0.25) is 9.36 Å². The summed E-state index contributed by atoms with van der Waals surface area (Å²) in [5.74, 6) is 1.36. The van der Waals surface area contributed by atoms with Crippen LogP contribution in [0.2, 0.25) is 0 Å². The molecule has 0 bridgehead atoms. The van der Waals surface area contributed by atoms with Crippen molar-refractivity contribution in [3.05, 3.63) is 87.6 Å². The molecule has 3 aromatic rings. The number of hydrogen-bond acceptors (Lipinski definition) is 2. The smallest absolute Gasteiger partial charge is 0.257 e. The van der Waals surface area contributed by atoms with Crippen LogP contribution in [-0.2, 0) is 19.4 Å². The van der Waals surface area contributed by atoms with Crippen molar-refractivity contribution in [3.63, 3.8) is 0 Å². The number of nitrogens with zero attached hydrogens (tertiary/aromatic N) is 2. The molecule has 2 aromatic carbocycles. The molecule has 1 aliphatic carbocycles. The van der Waals surface area contributed by atoms with Crippen molar-refractivity contribution in [1.82, 2.24) is 9.55 Å². The molecular formula is C25H28N2O. The quantitative estimate of drug-likeness (QED) is 0.560. The molecule has 0 radical (unpaired) electrons. The minimum Gasteiger partial charge on any atom is -0.292 e. The zero-order valence-corrected chi connectivity index (χ0v) is 16.8. The van der Waals surface area contributed by atoms with E-state index in [2.05, 4.69) is 62.4 Å². The molecule has 1 saturated carbocycles. The first-order valence-corrected chi connectivity index (χ1v) is 10.5. The Hall–Kier alpha value is -2.68. The minimum atomic E-state index is 0.185. The third-order valence-corrected chi connectivity index (χ3v) is 5.56. The van der Waals surface area contributed by atoms with E-state index >= 15 is 0 Å².